The molecule has 0 N–H and O–H groups in total. The molecule has 1 heteroatoms. The molecule has 0 saturated carbocycles. The lowest BCUT2D eigenvalue weighted by Crippen LogP contribution is -2.09. The third kappa shape index (κ3) is 3.01. The van der Waals surface area contributed by atoms with Gasteiger partial charge in [-0.1, -0.05) is 55.1 Å². The molecular weight excluding hydrogens is 266 g/mol. The summed E-state index contributed by atoms with van der Waals surface area (Å²) in [5.41, 5.74) is 7.31. The van der Waals surface area contributed by atoms with Crippen molar-refractivity contribution < 1.29 is 0 Å². The van der Waals surface area contributed by atoms with Crippen molar-refractivity contribution >= 4 is 23.1 Å². The van der Waals surface area contributed by atoms with Crippen LogP contribution in [0.25, 0.3) is 6.08 Å². The number of rotatable bonds is 4. The normalized spacial score (nSPS) is 9.82. The van der Waals surface area contributed by atoms with E-state index in [1.807, 2.05) is 18.2 Å². The smallest absolute Gasteiger partial charge is 0.0462 e. The van der Waals surface area contributed by atoms with E-state index in [0.29, 0.717) is 0 Å². The predicted molar refractivity (Wildman–Crippen MR) is 94.7 cm³/mol. The van der Waals surface area contributed by atoms with Gasteiger partial charge in [0.2, 0.25) is 0 Å². The van der Waals surface area contributed by atoms with Gasteiger partial charge in [0.15, 0.2) is 0 Å². The fourth-order valence-electron chi connectivity index (χ4n) is 2.44. The lowest BCUT2D eigenvalue weighted by atomic mass is 10.1. The van der Waals surface area contributed by atoms with E-state index in [9.17, 15) is 0 Å². The minimum absolute atomic E-state index is 1.10. The first-order valence-corrected chi connectivity index (χ1v) is 7.24. The largest absolute Gasteiger partial charge is 0.311 e. The zero-order valence-electron chi connectivity index (χ0n) is 12.3. The Labute approximate surface area is 131 Å². The molecular formula is C21H17N. The molecule has 0 aliphatic rings. The highest BCUT2D eigenvalue weighted by Gasteiger charge is 2.10. The van der Waals surface area contributed by atoms with Gasteiger partial charge in [-0.2, -0.15) is 0 Å². The van der Waals surface area contributed by atoms with E-state index in [-0.39, 0.29) is 0 Å². The van der Waals surface area contributed by atoms with E-state index in [0.717, 1.165) is 22.6 Å². The Morgan fingerprint density at radius 1 is 0.636 bits per heavy atom. The van der Waals surface area contributed by atoms with Gasteiger partial charge < -0.3 is 4.90 Å². The highest BCUT2D eigenvalue weighted by atomic mass is 15.1. The van der Waals surface area contributed by atoms with E-state index in [4.69, 9.17) is 0 Å². The van der Waals surface area contributed by atoms with Crippen molar-refractivity contribution in [2.45, 2.75) is 0 Å². The van der Waals surface area contributed by atoms with Crippen molar-refractivity contribution in [1.82, 2.24) is 0 Å². The summed E-state index contributed by atoms with van der Waals surface area (Å²) >= 11 is 0. The summed E-state index contributed by atoms with van der Waals surface area (Å²) in [6.07, 6.45) is 1.87. The maximum absolute atomic E-state index is 3.62. The van der Waals surface area contributed by atoms with Gasteiger partial charge in [-0.3, -0.25) is 0 Å². The van der Waals surface area contributed by atoms with Gasteiger partial charge in [-0.05, 0) is 48.0 Å². The molecule has 0 aliphatic carbocycles. The van der Waals surface area contributed by atoms with Gasteiger partial charge in [0, 0.05) is 17.1 Å². The van der Waals surface area contributed by atoms with E-state index in [1.54, 1.807) is 0 Å². The lowest BCUT2D eigenvalue weighted by Gasteiger charge is -2.25. The zero-order valence-corrected chi connectivity index (χ0v) is 12.3. The molecule has 0 bridgehead atoms. The number of anilines is 3. The SMILES string of the molecule is C=C=Cc1ccc(N(c2ccccc2)c2ccccc2)cc1. The Bertz CT molecular complexity index is 728. The van der Waals surface area contributed by atoms with E-state index >= 15 is 0 Å². The Kier molecular flexibility index (Phi) is 4.20. The molecule has 0 atom stereocenters. The maximum Gasteiger partial charge on any atom is 0.0462 e. The van der Waals surface area contributed by atoms with Gasteiger partial charge in [-0.15, -0.1) is 5.73 Å². The van der Waals surface area contributed by atoms with Gasteiger partial charge in [0.1, 0.15) is 0 Å². The predicted octanol–water partition coefficient (Wildman–Crippen LogP) is 5.95. The van der Waals surface area contributed by atoms with Gasteiger partial charge in [0.25, 0.3) is 0 Å². The van der Waals surface area contributed by atoms with Crippen LogP contribution in [0.2, 0.25) is 0 Å². The van der Waals surface area contributed by atoms with Crippen LogP contribution in [0.15, 0.2) is 97.2 Å². The molecule has 0 radical (unpaired) electrons. The van der Waals surface area contributed by atoms with Crippen LogP contribution >= 0.6 is 0 Å². The van der Waals surface area contributed by atoms with Crippen LogP contribution < -0.4 is 4.90 Å². The summed E-state index contributed by atoms with van der Waals surface area (Å²) in [6, 6.07) is 29.1. The van der Waals surface area contributed by atoms with Gasteiger partial charge in [-0.25, -0.2) is 0 Å². The molecule has 1 nitrogen and oxygen atoms in total. The van der Waals surface area contributed by atoms with Crippen LogP contribution in [0.5, 0.6) is 0 Å². The topological polar surface area (TPSA) is 3.24 Å². The van der Waals surface area contributed by atoms with E-state index in [1.165, 1.54) is 0 Å². The second-order valence-electron chi connectivity index (χ2n) is 4.95. The Hall–Kier alpha value is -3.02. The number of hydrogen-bond acceptors (Lipinski definition) is 1. The zero-order chi connectivity index (χ0) is 15.2. The first-order valence-electron chi connectivity index (χ1n) is 7.24. The number of hydrogen-bond donors (Lipinski definition) is 0. The van der Waals surface area contributed by atoms with Crippen molar-refractivity contribution in [3.63, 3.8) is 0 Å². The summed E-state index contributed by atoms with van der Waals surface area (Å²) in [7, 11) is 0. The van der Waals surface area contributed by atoms with Crippen LogP contribution in [-0.2, 0) is 0 Å². The quantitative estimate of drug-likeness (QED) is 0.534. The minimum Gasteiger partial charge on any atom is -0.311 e. The fourth-order valence-corrected chi connectivity index (χ4v) is 2.44. The summed E-state index contributed by atoms with van der Waals surface area (Å²) < 4.78 is 0. The molecule has 106 valence electrons. The molecule has 3 rings (SSSR count). The van der Waals surface area contributed by atoms with Crippen molar-refractivity contribution in [3.05, 3.63) is 103 Å². The first-order chi connectivity index (χ1) is 10.9. The van der Waals surface area contributed by atoms with E-state index < -0.39 is 0 Å². The summed E-state index contributed by atoms with van der Waals surface area (Å²) in [5.74, 6) is 0. The third-order valence-electron chi connectivity index (χ3n) is 3.45. The Balaban J connectivity index is 2.07. The summed E-state index contributed by atoms with van der Waals surface area (Å²) in [5, 5.41) is 0. The van der Waals surface area contributed by atoms with Crippen LogP contribution in [0.1, 0.15) is 5.56 Å². The van der Waals surface area contributed by atoms with Crippen LogP contribution in [-0.4, -0.2) is 0 Å². The Morgan fingerprint density at radius 2 is 1.09 bits per heavy atom. The second-order valence-corrected chi connectivity index (χ2v) is 4.95. The number of para-hydroxylation sites is 2. The molecule has 0 aliphatic heterocycles. The number of nitrogens with zero attached hydrogens (tertiary/aromatic N) is 1. The maximum atomic E-state index is 3.62. The van der Waals surface area contributed by atoms with Crippen molar-refractivity contribution in [1.29, 1.82) is 0 Å². The van der Waals surface area contributed by atoms with Gasteiger partial charge >= 0.3 is 0 Å². The molecule has 0 amide bonds. The third-order valence-corrected chi connectivity index (χ3v) is 3.45. The van der Waals surface area contributed by atoms with Gasteiger partial charge in [0.05, 0.1) is 0 Å². The molecule has 0 spiro atoms. The van der Waals surface area contributed by atoms with Crippen molar-refractivity contribution in [2.75, 3.05) is 4.90 Å². The fraction of sp³-hybridized carbons (Fsp3) is 0. The van der Waals surface area contributed by atoms with Crippen molar-refractivity contribution in [2.24, 2.45) is 0 Å². The molecule has 0 aromatic heterocycles. The molecule has 0 fully saturated rings. The van der Waals surface area contributed by atoms with Crippen molar-refractivity contribution in [3.8, 4) is 0 Å². The monoisotopic (exact) mass is 283 g/mol. The lowest BCUT2D eigenvalue weighted by molar-refractivity contribution is 1.28. The first kappa shape index (κ1) is 13.9. The summed E-state index contributed by atoms with van der Waals surface area (Å²) in [4.78, 5) is 2.24. The molecule has 3 aromatic rings. The second kappa shape index (κ2) is 6.62. The molecule has 0 saturated heterocycles. The molecule has 3 aromatic carbocycles. The number of benzene rings is 3. The average molecular weight is 283 g/mol. The molecule has 0 heterocycles. The molecule has 0 unspecified atom stereocenters. The summed E-state index contributed by atoms with van der Waals surface area (Å²) in [6.45, 7) is 3.62. The van der Waals surface area contributed by atoms with E-state index in [2.05, 4.69) is 90.0 Å². The Morgan fingerprint density at radius 3 is 1.55 bits per heavy atom. The molecule has 22 heavy (non-hydrogen) atoms. The van der Waals surface area contributed by atoms with Crippen LogP contribution in [0.4, 0.5) is 17.1 Å². The highest BCUT2D eigenvalue weighted by molar-refractivity contribution is 5.76. The highest BCUT2D eigenvalue weighted by Crippen LogP contribution is 2.33. The standard InChI is InChI=1S/C21H17N/c1-2-9-18-14-16-21(17-15-18)22(19-10-5-3-6-11-19)20-12-7-4-8-13-20/h3-17H,1H2. The average Bonchev–Trinajstić information content (AvgIpc) is 2.59. The van der Waals surface area contributed by atoms with Crippen LogP contribution in [0.3, 0.4) is 0 Å². The minimum atomic E-state index is 1.10. The van der Waals surface area contributed by atoms with Crippen LogP contribution in [0, 0.1) is 0 Å².